The van der Waals surface area contributed by atoms with Crippen molar-refractivity contribution in [1.29, 1.82) is 0 Å². The number of hydrogen-bond donors (Lipinski definition) is 0. The largest absolute Gasteiger partial charge is 0.381 e. The van der Waals surface area contributed by atoms with Crippen molar-refractivity contribution in [1.82, 2.24) is 0 Å². The summed E-state index contributed by atoms with van der Waals surface area (Å²) in [5.41, 5.74) is -7.91. The van der Waals surface area contributed by atoms with E-state index in [-0.39, 0.29) is 0 Å². The van der Waals surface area contributed by atoms with Crippen molar-refractivity contribution in [2.24, 2.45) is 5.92 Å². The van der Waals surface area contributed by atoms with Gasteiger partial charge in [-0.05, 0) is 0 Å². The quantitative estimate of drug-likeness (QED) is 0.438. The van der Waals surface area contributed by atoms with Crippen LogP contribution in [-0.4, -0.2) is 53.0 Å². The minimum absolute atomic E-state index is 6.66. The van der Waals surface area contributed by atoms with E-state index in [1.807, 2.05) is 0 Å². The van der Waals surface area contributed by atoms with E-state index in [0.29, 0.717) is 0 Å². The normalized spacial score (nSPS) is 41.4. The van der Waals surface area contributed by atoms with Gasteiger partial charge in [0.1, 0.15) is 5.92 Å². The van der Waals surface area contributed by atoms with Gasteiger partial charge in [0, 0.05) is 0 Å². The van der Waals surface area contributed by atoms with Gasteiger partial charge >= 0.3 is 47.4 Å². The lowest BCUT2D eigenvalue weighted by atomic mass is 9.56. The Morgan fingerprint density at radius 3 is 0.741 bits per heavy atom. The summed E-state index contributed by atoms with van der Waals surface area (Å²) in [7, 11) is 0. The van der Waals surface area contributed by atoms with E-state index in [1.165, 1.54) is 0 Å². The van der Waals surface area contributed by atoms with E-state index in [0.717, 1.165) is 0 Å². The Bertz CT molecular complexity index is 605. The molecule has 0 radical (unpaired) electrons. The summed E-state index contributed by atoms with van der Waals surface area (Å²) >= 11 is 0. The molecule has 0 bridgehead atoms. The average molecular weight is 444 g/mol. The smallest absolute Gasteiger partial charge is 0.229 e. The van der Waals surface area contributed by atoms with E-state index in [4.69, 9.17) is 0 Å². The first kappa shape index (κ1) is 22.1. The lowest BCUT2D eigenvalue weighted by Crippen LogP contribution is -2.92. The molecule has 0 aromatic carbocycles. The van der Waals surface area contributed by atoms with Gasteiger partial charge in [-0.25, -0.2) is 4.39 Å². The lowest BCUT2D eigenvalue weighted by Gasteiger charge is -2.60. The summed E-state index contributed by atoms with van der Waals surface area (Å²) in [5, 5.41) is 0. The van der Waals surface area contributed by atoms with E-state index >= 15 is 0 Å². The molecule has 0 atom stereocenters. The van der Waals surface area contributed by atoms with Crippen LogP contribution in [0.25, 0.3) is 0 Å². The average Bonchev–Trinajstić information content (AvgIpc) is 2.42. The predicted octanol–water partition coefficient (Wildman–Crippen LogP) is 5.42. The molecule has 0 aromatic rings. The third-order valence-corrected chi connectivity index (χ3v) is 4.45. The second kappa shape index (κ2) is 4.52. The van der Waals surface area contributed by atoms with Crippen molar-refractivity contribution in [3.8, 4) is 0 Å². The molecule has 0 N–H and O–H groups in total. The zero-order valence-electron chi connectivity index (χ0n) is 11.5. The fourth-order valence-electron chi connectivity index (χ4n) is 2.92. The van der Waals surface area contributed by atoms with Crippen LogP contribution in [0.5, 0.6) is 0 Å². The van der Waals surface area contributed by atoms with Gasteiger partial charge in [-0.15, -0.1) is 0 Å². The maximum atomic E-state index is 14.2. The van der Waals surface area contributed by atoms with Crippen molar-refractivity contribution in [3.05, 3.63) is 0 Å². The Labute approximate surface area is 135 Å². The summed E-state index contributed by atoms with van der Waals surface area (Å²) < 4.78 is 226. The number of halogens is 17. The standard InChI is InChI=1S/C10HF17/c11-2-1(3(12,13)7(20,21)9(24,25)5(2,16)17)4(14,15)8(22,23)10(26,27)6(2,18)19/h1H. The second-order valence-corrected chi connectivity index (χ2v) is 5.84. The molecule has 2 saturated carbocycles. The van der Waals surface area contributed by atoms with Gasteiger partial charge in [-0.1, -0.05) is 0 Å². The second-order valence-electron chi connectivity index (χ2n) is 5.84. The van der Waals surface area contributed by atoms with E-state index in [2.05, 4.69) is 0 Å². The minimum Gasteiger partial charge on any atom is -0.229 e. The highest BCUT2D eigenvalue weighted by atomic mass is 19.4. The Morgan fingerprint density at radius 2 is 0.519 bits per heavy atom. The Hall–Kier alpha value is -1.19. The molecule has 17 heteroatoms. The van der Waals surface area contributed by atoms with Gasteiger partial charge < -0.3 is 0 Å². The van der Waals surface area contributed by atoms with Gasteiger partial charge in [-0.3, -0.25) is 0 Å². The number of alkyl halides is 17. The van der Waals surface area contributed by atoms with Crippen molar-refractivity contribution in [2.75, 3.05) is 0 Å². The molecule has 27 heavy (non-hydrogen) atoms. The monoisotopic (exact) mass is 444 g/mol. The summed E-state index contributed by atoms with van der Waals surface area (Å²) in [6, 6.07) is 0. The molecule has 2 aliphatic carbocycles. The van der Waals surface area contributed by atoms with Crippen LogP contribution in [-0.2, 0) is 0 Å². The topological polar surface area (TPSA) is 0 Å². The summed E-state index contributed by atoms with van der Waals surface area (Å²) in [6.45, 7) is 0. The van der Waals surface area contributed by atoms with Crippen molar-refractivity contribution in [2.45, 2.75) is 53.0 Å². The Kier molecular flexibility index (Phi) is 3.70. The molecule has 160 valence electrons. The van der Waals surface area contributed by atoms with Crippen molar-refractivity contribution >= 4 is 0 Å². The molecule has 0 heterocycles. The molecular weight excluding hydrogens is 443 g/mol. The molecule has 0 aromatic heterocycles. The molecule has 0 nitrogen and oxygen atoms in total. The summed E-state index contributed by atoms with van der Waals surface area (Å²) in [5.74, 6) is -69.8. The van der Waals surface area contributed by atoms with Crippen LogP contribution in [0.2, 0.25) is 0 Å². The number of hydrogen-bond acceptors (Lipinski definition) is 0. The van der Waals surface area contributed by atoms with E-state index in [1.54, 1.807) is 0 Å². The van der Waals surface area contributed by atoms with E-state index < -0.39 is 59.0 Å². The highest BCUT2D eigenvalue weighted by Crippen LogP contribution is 2.78. The molecule has 0 unspecified atom stereocenters. The fraction of sp³-hybridized carbons (Fsp3) is 1.00. The number of fused-ring (bicyclic) bond motifs is 1. The molecule has 0 aliphatic heterocycles. The highest BCUT2D eigenvalue weighted by Gasteiger charge is 3.08. The molecule has 0 saturated heterocycles. The van der Waals surface area contributed by atoms with Crippen LogP contribution in [0.15, 0.2) is 0 Å². The first-order chi connectivity index (χ1) is 11.4. The van der Waals surface area contributed by atoms with Crippen LogP contribution >= 0.6 is 0 Å². The first-order valence-corrected chi connectivity index (χ1v) is 6.08. The van der Waals surface area contributed by atoms with Gasteiger partial charge in [-0.2, -0.15) is 70.2 Å². The number of rotatable bonds is 0. The maximum Gasteiger partial charge on any atom is 0.381 e. The molecule has 2 aliphatic rings. The fourth-order valence-corrected chi connectivity index (χ4v) is 2.92. The minimum atomic E-state index is -8.07. The summed E-state index contributed by atoms with van der Waals surface area (Å²) in [4.78, 5) is 0. The predicted molar refractivity (Wildman–Crippen MR) is 46.9 cm³/mol. The van der Waals surface area contributed by atoms with Gasteiger partial charge in [0.2, 0.25) is 0 Å². The molecule has 0 spiro atoms. The van der Waals surface area contributed by atoms with Gasteiger partial charge in [0.15, 0.2) is 0 Å². The summed E-state index contributed by atoms with van der Waals surface area (Å²) in [6.07, 6.45) is 0. The maximum absolute atomic E-state index is 14.2. The SMILES string of the molecule is FC1(F)C2C(F)(F)C(F)(F)C(F)(F)C(F)(F)C2(F)C(F)(F)C(F)(F)C1(F)F. The first-order valence-electron chi connectivity index (χ1n) is 6.08. The van der Waals surface area contributed by atoms with Crippen LogP contribution in [0.1, 0.15) is 0 Å². The van der Waals surface area contributed by atoms with Crippen LogP contribution in [0.3, 0.4) is 0 Å². The lowest BCUT2D eigenvalue weighted by molar-refractivity contribution is -0.537. The van der Waals surface area contributed by atoms with Gasteiger partial charge in [0.05, 0.1) is 0 Å². The Balaban J connectivity index is 3.11. The molecular formula is C10HF17. The third kappa shape index (κ3) is 1.64. The van der Waals surface area contributed by atoms with Crippen LogP contribution in [0, 0.1) is 5.92 Å². The van der Waals surface area contributed by atoms with E-state index in [9.17, 15) is 74.6 Å². The zero-order chi connectivity index (χ0) is 22.1. The van der Waals surface area contributed by atoms with Crippen LogP contribution in [0.4, 0.5) is 74.6 Å². The van der Waals surface area contributed by atoms with Crippen molar-refractivity contribution in [3.63, 3.8) is 0 Å². The zero-order valence-corrected chi connectivity index (χ0v) is 11.5. The van der Waals surface area contributed by atoms with Gasteiger partial charge in [0.25, 0.3) is 5.67 Å². The Morgan fingerprint density at radius 1 is 0.296 bits per heavy atom. The van der Waals surface area contributed by atoms with Crippen molar-refractivity contribution < 1.29 is 74.6 Å². The third-order valence-electron chi connectivity index (χ3n) is 4.45. The highest BCUT2D eigenvalue weighted by molar-refractivity contribution is 5.35. The molecule has 2 fully saturated rings. The molecule has 2 rings (SSSR count). The van der Waals surface area contributed by atoms with Crippen LogP contribution < -0.4 is 0 Å². The molecule has 0 amide bonds.